The Kier molecular flexibility index (Phi) is 3.98. The molecule has 29 heavy (non-hydrogen) atoms. The van der Waals surface area contributed by atoms with Gasteiger partial charge in [0.25, 0.3) is 0 Å². The topological polar surface area (TPSA) is 52.2 Å². The van der Waals surface area contributed by atoms with E-state index in [0.29, 0.717) is 23.6 Å². The summed E-state index contributed by atoms with van der Waals surface area (Å²) in [6.45, 7) is 2.45. The van der Waals surface area contributed by atoms with Crippen LogP contribution in [0.1, 0.15) is 11.1 Å². The molecule has 0 unspecified atom stereocenters. The second kappa shape index (κ2) is 6.67. The summed E-state index contributed by atoms with van der Waals surface area (Å²) in [7, 11) is 0. The number of aryl methyl sites for hydroxylation is 1. The smallest absolute Gasteiger partial charge is 0.287 e. The van der Waals surface area contributed by atoms with Gasteiger partial charge in [-0.25, -0.2) is 14.2 Å². The molecular weight excluding hydrogens is 367 g/mol. The summed E-state index contributed by atoms with van der Waals surface area (Å²) in [5, 5.41) is 5.22. The van der Waals surface area contributed by atoms with Crippen molar-refractivity contribution in [3.63, 3.8) is 0 Å². The number of aromatic nitrogens is 4. The van der Waals surface area contributed by atoms with E-state index in [0.717, 1.165) is 22.0 Å². The van der Waals surface area contributed by atoms with E-state index in [1.807, 2.05) is 55.5 Å². The van der Waals surface area contributed by atoms with Gasteiger partial charge in [-0.2, -0.15) is 4.52 Å². The van der Waals surface area contributed by atoms with Gasteiger partial charge in [0.2, 0.25) is 0 Å². The lowest BCUT2D eigenvalue weighted by Crippen LogP contribution is -2.28. The monoisotopic (exact) mass is 384 g/mol. The van der Waals surface area contributed by atoms with E-state index in [9.17, 15) is 9.18 Å². The molecule has 0 fully saturated rings. The Morgan fingerprint density at radius 2 is 1.76 bits per heavy atom. The van der Waals surface area contributed by atoms with Gasteiger partial charge in [-0.1, -0.05) is 48.5 Å². The van der Waals surface area contributed by atoms with Crippen molar-refractivity contribution >= 4 is 16.6 Å². The first-order valence-corrected chi connectivity index (χ1v) is 9.30. The molecule has 3 aromatic carbocycles. The van der Waals surface area contributed by atoms with E-state index in [4.69, 9.17) is 0 Å². The Morgan fingerprint density at radius 3 is 2.59 bits per heavy atom. The second-order valence-electron chi connectivity index (χ2n) is 6.99. The summed E-state index contributed by atoms with van der Waals surface area (Å²) >= 11 is 0. The molecule has 0 radical (unpaired) electrons. The van der Waals surface area contributed by atoms with Gasteiger partial charge < -0.3 is 0 Å². The molecular formula is C23H17FN4O. The van der Waals surface area contributed by atoms with Crippen molar-refractivity contribution in [2.75, 3.05) is 0 Å². The Labute approximate surface area is 165 Å². The Balaban J connectivity index is 1.78. The number of benzene rings is 3. The molecule has 0 saturated heterocycles. The predicted molar refractivity (Wildman–Crippen MR) is 110 cm³/mol. The first kappa shape index (κ1) is 17.3. The van der Waals surface area contributed by atoms with E-state index >= 15 is 0 Å². The number of rotatable bonds is 3. The minimum Gasteiger partial charge on any atom is -0.287 e. The van der Waals surface area contributed by atoms with Gasteiger partial charge in [0.15, 0.2) is 11.5 Å². The highest BCUT2D eigenvalue weighted by molar-refractivity contribution is 5.92. The SMILES string of the molecule is Cc1ccccc1Cn1c(=O)n2nc(-c3cccc(F)c3)nc2c2ccccc21. The Bertz CT molecular complexity index is 1430. The van der Waals surface area contributed by atoms with Crippen molar-refractivity contribution in [1.29, 1.82) is 0 Å². The van der Waals surface area contributed by atoms with Crippen LogP contribution in [-0.2, 0) is 6.54 Å². The molecule has 5 rings (SSSR count). The largest absolute Gasteiger partial charge is 0.351 e. The van der Waals surface area contributed by atoms with Crippen LogP contribution in [0.3, 0.4) is 0 Å². The van der Waals surface area contributed by atoms with E-state index in [-0.39, 0.29) is 11.5 Å². The molecule has 6 heteroatoms. The van der Waals surface area contributed by atoms with Crippen LogP contribution in [0, 0.1) is 12.7 Å². The maximum Gasteiger partial charge on any atom is 0.351 e. The summed E-state index contributed by atoms with van der Waals surface area (Å²) in [6, 6.07) is 21.7. The van der Waals surface area contributed by atoms with Crippen LogP contribution in [0.4, 0.5) is 4.39 Å². The van der Waals surface area contributed by atoms with Crippen LogP contribution in [-0.4, -0.2) is 19.2 Å². The molecule has 2 heterocycles. The minimum absolute atomic E-state index is 0.280. The average Bonchev–Trinajstić information content (AvgIpc) is 3.18. The predicted octanol–water partition coefficient (Wildman–Crippen LogP) is 4.21. The highest BCUT2D eigenvalue weighted by atomic mass is 19.1. The van der Waals surface area contributed by atoms with Crippen LogP contribution < -0.4 is 5.69 Å². The van der Waals surface area contributed by atoms with E-state index in [2.05, 4.69) is 10.1 Å². The lowest BCUT2D eigenvalue weighted by molar-refractivity contribution is 0.628. The highest BCUT2D eigenvalue weighted by Gasteiger charge is 2.16. The van der Waals surface area contributed by atoms with Crippen LogP contribution in [0.5, 0.6) is 0 Å². The lowest BCUT2D eigenvalue weighted by Gasteiger charge is -2.12. The maximum atomic E-state index is 13.7. The first-order valence-electron chi connectivity index (χ1n) is 9.30. The molecule has 0 N–H and O–H groups in total. The van der Waals surface area contributed by atoms with Crippen LogP contribution in [0.25, 0.3) is 27.9 Å². The maximum absolute atomic E-state index is 13.7. The Morgan fingerprint density at radius 1 is 0.966 bits per heavy atom. The molecule has 5 nitrogen and oxygen atoms in total. The van der Waals surface area contributed by atoms with Gasteiger partial charge in [0.05, 0.1) is 12.1 Å². The molecule has 0 spiro atoms. The van der Waals surface area contributed by atoms with Crippen molar-refractivity contribution in [2.45, 2.75) is 13.5 Å². The number of hydrogen-bond acceptors (Lipinski definition) is 3. The van der Waals surface area contributed by atoms with Crippen molar-refractivity contribution in [3.8, 4) is 11.4 Å². The number of halogens is 1. The van der Waals surface area contributed by atoms with Crippen molar-refractivity contribution < 1.29 is 4.39 Å². The fourth-order valence-electron chi connectivity index (χ4n) is 3.60. The molecule has 0 aliphatic heterocycles. The summed E-state index contributed by atoms with van der Waals surface area (Å²) in [6.07, 6.45) is 0. The van der Waals surface area contributed by atoms with E-state index < -0.39 is 0 Å². The molecule has 142 valence electrons. The number of nitrogens with zero attached hydrogens (tertiary/aromatic N) is 4. The lowest BCUT2D eigenvalue weighted by atomic mass is 10.1. The second-order valence-corrected chi connectivity index (χ2v) is 6.99. The summed E-state index contributed by atoms with van der Waals surface area (Å²) in [5.74, 6) is -0.0522. The van der Waals surface area contributed by atoms with Crippen molar-refractivity contribution in [1.82, 2.24) is 19.2 Å². The number of fused-ring (bicyclic) bond motifs is 3. The summed E-state index contributed by atoms with van der Waals surface area (Å²) in [4.78, 5) is 17.9. The molecule has 5 aromatic rings. The molecule has 0 amide bonds. The number of para-hydroxylation sites is 1. The fourth-order valence-corrected chi connectivity index (χ4v) is 3.60. The zero-order valence-electron chi connectivity index (χ0n) is 15.7. The molecule has 0 saturated carbocycles. The van der Waals surface area contributed by atoms with Crippen molar-refractivity contribution in [2.24, 2.45) is 0 Å². The number of hydrogen-bond donors (Lipinski definition) is 0. The highest BCUT2D eigenvalue weighted by Crippen LogP contribution is 2.22. The van der Waals surface area contributed by atoms with Gasteiger partial charge in [0.1, 0.15) is 5.82 Å². The summed E-state index contributed by atoms with van der Waals surface area (Å²) < 4.78 is 16.7. The molecule has 0 bridgehead atoms. The molecule has 0 atom stereocenters. The van der Waals surface area contributed by atoms with Crippen LogP contribution in [0.15, 0.2) is 77.6 Å². The van der Waals surface area contributed by atoms with Gasteiger partial charge in [0, 0.05) is 10.9 Å². The minimum atomic E-state index is -0.372. The van der Waals surface area contributed by atoms with Crippen LogP contribution in [0.2, 0.25) is 0 Å². The van der Waals surface area contributed by atoms with E-state index in [1.54, 1.807) is 16.7 Å². The van der Waals surface area contributed by atoms with Gasteiger partial charge in [-0.05, 0) is 42.3 Å². The first-order chi connectivity index (χ1) is 14.1. The zero-order chi connectivity index (χ0) is 20.0. The van der Waals surface area contributed by atoms with Gasteiger partial charge >= 0.3 is 5.69 Å². The quantitative estimate of drug-likeness (QED) is 0.468. The zero-order valence-corrected chi connectivity index (χ0v) is 15.7. The molecule has 2 aromatic heterocycles. The standard InChI is InChI=1S/C23H17FN4O/c1-15-7-2-3-8-17(15)14-27-20-12-5-4-11-19(20)22-25-21(26-28(22)23(27)29)16-9-6-10-18(24)13-16/h2-13H,14H2,1H3. The molecule has 0 aliphatic rings. The van der Waals surface area contributed by atoms with Crippen molar-refractivity contribution in [3.05, 3.63) is 100 Å². The third-order valence-corrected chi connectivity index (χ3v) is 5.13. The molecule has 0 aliphatic carbocycles. The fraction of sp³-hybridized carbons (Fsp3) is 0.0870. The normalized spacial score (nSPS) is 11.4. The van der Waals surface area contributed by atoms with Crippen LogP contribution >= 0.6 is 0 Å². The Hall–Kier alpha value is -3.80. The third-order valence-electron chi connectivity index (χ3n) is 5.13. The van der Waals surface area contributed by atoms with E-state index in [1.165, 1.54) is 16.6 Å². The van der Waals surface area contributed by atoms with Gasteiger partial charge in [-0.3, -0.25) is 4.57 Å². The average molecular weight is 384 g/mol. The third kappa shape index (κ3) is 2.89. The van der Waals surface area contributed by atoms with Gasteiger partial charge in [-0.15, -0.1) is 5.10 Å². The summed E-state index contributed by atoms with van der Waals surface area (Å²) in [5.41, 5.74) is 3.67.